The van der Waals surface area contributed by atoms with Crippen LogP contribution in [0.15, 0.2) is 53.9 Å². The molecule has 7 heteroatoms. The number of anilines is 1. The lowest BCUT2D eigenvalue weighted by molar-refractivity contribution is -0.121. The number of hydrogen-bond acceptors (Lipinski definition) is 5. The first kappa shape index (κ1) is 20.0. The van der Waals surface area contributed by atoms with Crippen LogP contribution in [0.2, 0.25) is 0 Å². The largest absolute Gasteiger partial charge is 0.324 e. The summed E-state index contributed by atoms with van der Waals surface area (Å²) in [5.74, 6) is -1.50. The SMILES string of the molecule is Cc1nc(-c2ccc(NC(=O)C(C(C)C)N3C(=O)c4ccccc4C3=O)cc2)cs1. The van der Waals surface area contributed by atoms with Crippen molar-refractivity contribution in [1.82, 2.24) is 9.88 Å². The Labute approximate surface area is 178 Å². The van der Waals surface area contributed by atoms with Crippen molar-refractivity contribution in [2.75, 3.05) is 5.32 Å². The number of nitrogens with one attached hydrogen (secondary N) is 1. The van der Waals surface area contributed by atoms with Gasteiger partial charge in [-0.1, -0.05) is 38.1 Å². The highest BCUT2D eigenvalue weighted by atomic mass is 32.1. The van der Waals surface area contributed by atoms with E-state index in [-0.39, 0.29) is 5.92 Å². The number of aromatic nitrogens is 1. The van der Waals surface area contributed by atoms with Crippen LogP contribution in [-0.4, -0.2) is 33.6 Å². The number of aryl methyl sites for hydroxylation is 1. The van der Waals surface area contributed by atoms with Gasteiger partial charge in [-0.15, -0.1) is 11.3 Å². The molecule has 152 valence electrons. The van der Waals surface area contributed by atoms with Gasteiger partial charge < -0.3 is 5.32 Å². The van der Waals surface area contributed by atoms with E-state index in [1.165, 1.54) is 0 Å². The second-order valence-electron chi connectivity index (χ2n) is 7.53. The lowest BCUT2D eigenvalue weighted by atomic mass is 10.0. The van der Waals surface area contributed by atoms with Crippen LogP contribution < -0.4 is 5.32 Å². The number of thiazole rings is 1. The zero-order valence-electron chi connectivity index (χ0n) is 16.9. The third kappa shape index (κ3) is 3.52. The Morgan fingerprint density at radius 3 is 2.10 bits per heavy atom. The summed E-state index contributed by atoms with van der Waals surface area (Å²) in [6.45, 7) is 5.59. The Hall–Kier alpha value is -3.32. The molecular weight excluding hydrogens is 398 g/mol. The lowest BCUT2D eigenvalue weighted by Crippen LogP contribution is -2.50. The number of amides is 3. The van der Waals surface area contributed by atoms with Crippen molar-refractivity contribution in [3.63, 3.8) is 0 Å². The number of carbonyl (C=O) groups is 3. The zero-order chi connectivity index (χ0) is 21.4. The molecule has 0 spiro atoms. The second-order valence-corrected chi connectivity index (χ2v) is 8.60. The van der Waals surface area contributed by atoms with Gasteiger partial charge in [-0.3, -0.25) is 19.3 Å². The lowest BCUT2D eigenvalue weighted by Gasteiger charge is -2.28. The molecule has 0 saturated carbocycles. The fraction of sp³-hybridized carbons (Fsp3) is 0.217. The van der Waals surface area contributed by atoms with Gasteiger partial charge in [0.1, 0.15) is 6.04 Å². The first-order valence-corrected chi connectivity index (χ1v) is 10.5. The molecule has 6 nitrogen and oxygen atoms in total. The molecule has 1 unspecified atom stereocenters. The van der Waals surface area contributed by atoms with Gasteiger partial charge in [0.05, 0.1) is 21.8 Å². The van der Waals surface area contributed by atoms with E-state index in [0.29, 0.717) is 16.8 Å². The van der Waals surface area contributed by atoms with Gasteiger partial charge in [0.2, 0.25) is 5.91 Å². The Morgan fingerprint density at radius 1 is 1.00 bits per heavy atom. The third-order valence-electron chi connectivity index (χ3n) is 5.07. The van der Waals surface area contributed by atoms with Gasteiger partial charge in [-0.25, -0.2) is 4.98 Å². The molecule has 0 bridgehead atoms. The Kier molecular flexibility index (Phi) is 5.22. The van der Waals surface area contributed by atoms with Crippen LogP contribution in [0, 0.1) is 12.8 Å². The van der Waals surface area contributed by atoms with Crippen molar-refractivity contribution in [2.45, 2.75) is 26.8 Å². The monoisotopic (exact) mass is 419 g/mol. The summed E-state index contributed by atoms with van der Waals surface area (Å²) < 4.78 is 0. The molecule has 0 fully saturated rings. The molecule has 30 heavy (non-hydrogen) atoms. The highest BCUT2D eigenvalue weighted by Crippen LogP contribution is 2.28. The summed E-state index contributed by atoms with van der Waals surface area (Å²) in [5, 5.41) is 5.82. The van der Waals surface area contributed by atoms with E-state index in [9.17, 15) is 14.4 Å². The van der Waals surface area contributed by atoms with Crippen molar-refractivity contribution in [3.8, 4) is 11.3 Å². The molecule has 0 saturated heterocycles. The second kappa shape index (κ2) is 7.84. The van der Waals surface area contributed by atoms with E-state index in [4.69, 9.17) is 0 Å². The topological polar surface area (TPSA) is 79.4 Å². The normalized spacial score (nSPS) is 14.2. The van der Waals surface area contributed by atoms with Crippen molar-refractivity contribution in [2.24, 2.45) is 5.92 Å². The molecule has 2 heterocycles. The molecule has 3 aromatic rings. The summed E-state index contributed by atoms with van der Waals surface area (Å²) in [4.78, 5) is 44.3. The zero-order valence-corrected chi connectivity index (χ0v) is 17.7. The van der Waals surface area contributed by atoms with E-state index >= 15 is 0 Å². The quantitative estimate of drug-likeness (QED) is 0.623. The molecule has 1 atom stereocenters. The minimum atomic E-state index is -0.904. The Morgan fingerprint density at radius 2 is 1.60 bits per heavy atom. The number of fused-ring (bicyclic) bond motifs is 1. The predicted octanol–water partition coefficient (Wildman–Crippen LogP) is 4.38. The van der Waals surface area contributed by atoms with Gasteiger partial charge in [0.15, 0.2) is 0 Å². The molecule has 2 aromatic carbocycles. The van der Waals surface area contributed by atoms with E-state index in [1.54, 1.807) is 47.7 Å². The smallest absolute Gasteiger partial charge is 0.262 e. The number of hydrogen-bond donors (Lipinski definition) is 1. The van der Waals surface area contributed by atoms with Crippen molar-refractivity contribution < 1.29 is 14.4 Å². The molecule has 1 N–H and O–H groups in total. The maximum atomic E-state index is 13.1. The van der Waals surface area contributed by atoms with E-state index in [0.717, 1.165) is 21.2 Å². The fourth-order valence-electron chi connectivity index (χ4n) is 3.62. The Bertz CT molecular complexity index is 1100. The summed E-state index contributed by atoms with van der Waals surface area (Å²) in [6, 6.07) is 13.1. The van der Waals surface area contributed by atoms with E-state index in [1.807, 2.05) is 38.3 Å². The Balaban J connectivity index is 1.55. The minimum absolute atomic E-state index is 0.246. The van der Waals surface area contributed by atoms with Gasteiger partial charge in [-0.2, -0.15) is 0 Å². The van der Waals surface area contributed by atoms with Crippen LogP contribution in [0.5, 0.6) is 0 Å². The van der Waals surface area contributed by atoms with Gasteiger partial charge in [0, 0.05) is 16.6 Å². The molecule has 0 radical (unpaired) electrons. The van der Waals surface area contributed by atoms with Gasteiger partial charge >= 0.3 is 0 Å². The maximum Gasteiger partial charge on any atom is 0.262 e. The first-order valence-electron chi connectivity index (χ1n) is 9.67. The van der Waals surface area contributed by atoms with Gasteiger partial charge in [0.25, 0.3) is 11.8 Å². The maximum absolute atomic E-state index is 13.1. The standard InChI is InChI=1S/C23H21N3O3S/c1-13(2)20(26-22(28)17-6-4-5-7-18(17)23(26)29)21(27)25-16-10-8-15(9-11-16)19-12-30-14(3)24-19/h4-13,20H,1-3H3,(H,25,27). The minimum Gasteiger partial charge on any atom is -0.324 e. The summed E-state index contributed by atoms with van der Waals surface area (Å²) in [7, 11) is 0. The number of nitrogens with zero attached hydrogens (tertiary/aromatic N) is 2. The molecule has 1 aliphatic heterocycles. The first-order chi connectivity index (χ1) is 14.4. The average molecular weight is 420 g/mol. The summed E-state index contributed by atoms with van der Waals surface area (Å²) in [5.41, 5.74) is 3.12. The number of rotatable bonds is 5. The van der Waals surface area contributed by atoms with Crippen LogP contribution >= 0.6 is 11.3 Å². The van der Waals surface area contributed by atoms with Crippen molar-refractivity contribution >= 4 is 34.7 Å². The third-order valence-corrected chi connectivity index (χ3v) is 5.84. The highest BCUT2D eigenvalue weighted by Gasteiger charge is 2.43. The summed E-state index contributed by atoms with van der Waals surface area (Å²) in [6.07, 6.45) is 0. The predicted molar refractivity (Wildman–Crippen MR) is 116 cm³/mol. The molecule has 4 rings (SSSR count). The molecule has 1 aromatic heterocycles. The van der Waals surface area contributed by atoms with Crippen LogP contribution in [0.4, 0.5) is 5.69 Å². The van der Waals surface area contributed by atoms with E-state index < -0.39 is 23.8 Å². The van der Waals surface area contributed by atoms with Crippen molar-refractivity contribution in [3.05, 3.63) is 70.0 Å². The molecule has 1 aliphatic rings. The number of benzene rings is 2. The average Bonchev–Trinajstić information content (AvgIpc) is 3.26. The summed E-state index contributed by atoms with van der Waals surface area (Å²) >= 11 is 1.58. The number of imide groups is 1. The molecule has 3 amide bonds. The van der Waals surface area contributed by atoms with Gasteiger partial charge in [-0.05, 0) is 37.1 Å². The highest BCUT2D eigenvalue weighted by molar-refractivity contribution is 7.09. The van der Waals surface area contributed by atoms with Crippen LogP contribution in [0.25, 0.3) is 11.3 Å². The van der Waals surface area contributed by atoms with Crippen LogP contribution in [-0.2, 0) is 4.79 Å². The molecular formula is C23H21N3O3S. The number of carbonyl (C=O) groups excluding carboxylic acids is 3. The van der Waals surface area contributed by atoms with Crippen molar-refractivity contribution in [1.29, 1.82) is 0 Å². The molecule has 0 aliphatic carbocycles. The van der Waals surface area contributed by atoms with Crippen LogP contribution in [0.3, 0.4) is 0 Å². The van der Waals surface area contributed by atoms with E-state index in [2.05, 4.69) is 10.3 Å². The fourth-order valence-corrected chi connectivity index (χ4v) is 4.24. The van der Waals surface area contributed by atoms with Crippen LogP contribution in [0.1, 0.15) is 39.6 Å².